The summed E-state index contributed by atoms with van der Waals surface area (Å²) in [5, 5.41) is 0. The maximum Gasteiger partial charge on any atom is 0.337 e. The number of rotatable bonds is 4. The molecule has 3 heterocycles. The van der Waals surface area contributed by atoms with Gasteiger partial charge in [-0.25, -0.2) is 4.79 Å². The summed E-state index contributed by atoms with van der Waals surface area (Å²) in [4.78, 5) is 29.8. The van der Waals surface area contributed by atoms with Gasteiger partial charge in [-0.2, -0.15) is 0 Å². The minimum absolute atomic E-state index is 0.105. The first-order valence-electron chi connectivity index (χ1n) is 11.7. The maximum absolute atomic E-state index is 13.4. The van der Waals surface area contributed by atoms with E-state index in [1.54, 1.807) is 0 Å². The van der Waals surface area contributed by atoms with Crippen molar-refractivity contribution in [1.82, 2.24) is 9.80 Å². The first-order chi connectivity index (χ1) is 14.9. The van der Waals surface area contributed by atoms with E-state index in [1.165, 1.54) is 19.1 Å². The van der Waals surface area contributed by atoms with Gasteiger partial charge in [0.15, 0.2) is 0 Å². The number of fused-ring (bicyclic) bond motifs is 1. The smallest absolute Gasteiger partial charge is 0.337 e. The van der Waals surface area contributed by atoms with Gasteiger partial charge in [-0.1, -0.05) is 12.1 Å². The predicted molar refractivity (Wildman–Crippen MR) is 119 cm³/mol. The minimum atomic E-state index is -0.299. The number of ether oxygens (including phenoxy) is 2. The first kappa shape index (κ1) is 22.3. The van der Waals surface area contributed by atoms with Gasteiger partial charge in [0.05, 0.1) is 18.3 Å². The van der Waals surface area contributed by atoms with Crippen LogP contribution in [0.2, 0.25) is 0 Å². The molecule has 1 unspecified atom stereocenters. The van der Waals surface area contributed by atoms with Crippen LogP contribution in [0.5, 0.6) is 0 Å². The molecular weight excluding hydrogens is 392 g/mol. The number of methoxy groups -OCH3 is 1. The van der Waals surface area contributed by atoms with Gasteiger partial charge in [-0.15, -0.1) is 0 Å². The fraction of sp³-hybridized carbons (Fsp3) is 0.680. The van der Waals surface area contributed by atoms with Crippen LogP contribution in [0.25, 0.3) is 0 Å². The molecule has 0 N–H and O–H groups in total. The molecule has 3 fully saturated rings. The molecule has 6 heteroatoms. The first-order valence-corrected chi connectivity index (χ1v) is 11.7. The molecule has 1 amide bonds. The third kappa shape index (κ3) is 5.12. The van der Waals surface area contributed by atoms with E-state index >= 15 is 0 Å². The highest BCUT2D eigenvalue weighted by Gasteiger charge is 2.42. The number of carbonyl (C=O) groups is 2. The van der Waals surface area contributed by atoms with E-state index in [9.17, 15) is 9.59 Å². The van der Waals surface area contributed by atoms with Crippen LogP contribution in [-0.4, -0.2) is 66.7 Å². The Bertz CT molecular complexity index is 791. The van der Waals surface area contributed by atoms with Gasteiger partial charge in [-0.3, -0.25) is 9.69 Å². The molecule has 0 radical (unpaired) electrons. The number of amides is 1. The summed E-state index contributed by atoms with van der Waals surface area (Å²) in [6.45, 7) is 8.71. The summed E-state index contributed by atoms with van der Waals surface area (Å²) >= 11 is 0. The number of hydrogen-bond donors (Lipinski definition) is 0. The second-order valence-corrected chi connectivity index (χ2v) is 10.0. The molecule has 3 saturated heterocycles. The molecule has 3 atom stereocenters. The van der Waals surface area contributed by atoms with E-state index in [1.807, 2.05) is 24.3 Å². The standard InChI is InChI=1S/C25H36N2O4/c1-25(2)15-20(11-14-31-25)23(28)27-12-4-5-21-17-26(13-10-22(21)27)16-18-6-8-19(9-7-18)24(29)30-3/h6-9,20-22H,4-5,10-17H2,1-3H3/t20?,21-,22+/m1/s1. The van der Waals surface area contributed by atoms with Crippen LogP contribution in [0.3, 0.4) is 0 Å². The van der Waals surface area contributed by atoms with Crippen LogP contribution in [-0.2, 0) is 20.8 Å². The van der Waals surface area contributed by atoms with E-state index in [2.05, 4.69) is 23.6 Å². The van der Waals surface area contributed by atoms with E-state index in [4.69, 9.17) is 9.47 Å². The summed E-state index contributed by atoms with van der Waals surface area (Å²) in [6.07, 6.45) is 5.02. The van der Waals surface area contributed by atoms with Crippen molar-refractivity contribution in [1.29, 1.82) is 0 Å². The van der Waals surface area contributed by atoms with Crippen molar-refractivity contribution in [2.75, 3.05) is 33.4 Å². The van der Waals surface area contributed by atoms with Gasteiger partial charge in [0, 0.05) is 44.7 Å². The number of hydrogen-bond acceptors (Lipinski definition) is 5. The summed E-state index contributed by atoms with van der Waals surface area (Å²) in [5.41, 5.74) is 1.60. The minimum Gasteiger partial charge on any atom is -0.465 e. The Kier molecular flexibility index (Phi) is 6.68. The van der Waals surface area contributed by atoms with Gasteiger partial charge >= 0.3 is 5.97 Å². The molecule has 0 spiro atoms. The molecule has 0 saturated carbocycles. The number of esters is 1. The second-order valence-electron chi connectivity index (χ2n) is 10.0. The third-order valence-corrected chi connectivity index (χ3v) is 7.26. The van der Waals surface area contributed by atoms with E-state index < -0.39 is 0 Å². The summed E-state index contributed by atoms with van der Waals surface area (Å²) in [5.74, 6) is 0.715. The normalized spacial score (nSPS) is 28.6. The zero-order chi connectivity index (χ0) is 22.0. The Hall–Kier alpha value is -1.92. The maximum atomic E-state index is 13.4. The Balaban J connectivity index is 1.36. The average molecular weight is 429 g/mol. The van der Waals surface area contributed by atoms with Crippen LogP contribution >= 0.6 is 0 Å². The molecule has 4 rings (SSSR count). The highest BCUT2D eigenvalue weighted by molar-refractivity contribution is 5.89. The summed E-state index contributed by atoms with van der Waals surface area (Å²) in [6, 6.07) is 8.09. The molecule has 31 heavy (non-hydrogen) atoms. The predicted octanol–water partition coefficient (Wildman–Crippen LogP) is 3.49. The van der Waals surface area contributed by atoms with Gasteiger partial charge in [0.1, 0.15) is 0 Å². The Morgan fingerprint density at radius 2 is 1.90 bits per heavy atom. The molecule has 170 valence electrons. The average Bonchev–Trinajstić information content (AvgIpc) is 2.77. The van der Waals surface area contributed by atoms with Crippen molar-refractivity contribution >= 4 is 11.9 Å². The van der Waals surface area contributed by atoms with Gasteiger partial charge in [0.2, 0.25) is 5.91 Å². The summed E-state index contributed by atoms with van der Waals surface area (Å²) < 4.78 is 10.6. The van der Waals surface area contributed by atoms with Crippen molar-refractivity contribution in [3.05, 3.63) is 35.4 Å². The molecule has 6 nitrogen and oxygen atoms in total. The van der Waals surface area contributed by atoms with Gasteiger partial charge in [-0.05, 0) is 69.6 Å². The molecule has 3 aliphatic rings. The molecule has 1 aromatic carbocycles. The number of piperidine rings is 2. The lowest BCUT2D eigenvalue weighted by atomic mass is 9.81. The topological polar surface area (TPSA) is 59.1 Å². The lowest BCUT2D eigenvalue weighted by Crippen LogP contribution is -2.57. The molecular formula is C25H36N2O4. The molecule has 0 bridgehead atoms. The van der Waals surface area contributed by atoms with Crippen molar-refractivity contribution in [3.63, 3.8) is 0 Å². The number of carbonyl (C=O) groups excluding carboxylic acids is 2. The third-order valence-electron chi connectivity index (χ3n) is 7.26. The fourth-order valence-electron chi connectivity index (χ4n) is 5.70. The Labute approximate surface area is 185 Å². The molecule has 3 aliphatic heterocycles. The zero-order valence-electron chi connectivity index (χ0n) is 19.1. The van der Waals surface area contributed by atoms with E-state index in [-0.39, 0.29) is 17.5 Å². The van der Waals surface area contributed by atoms with Gasteiger partial charge < -0.3 is 14.4 Å². The van der Waals surface area contributed by atoms with Gasteiger partial charge in [0.25, 0.3) is 0 Å². The fourth-order valence-corrected chi connectivity index (χ4v) is 5.70. The van der Waals surface area contributed by atoms with E-state index in [0.29, 0.717) is 30.0 Å². The number of likely N-dealkylation sites (tertiary alicyclic amines) is 2. The van der Waals surface area contributed by atoms with Crippen LogP contribution in [0.1, 0.15) is 61.9 Å². The van der Waals surface area contributed by atoms with Crippen molar-refractivity contribution in [2.24, 2.45) is 11.8 Å². The SMILES string of the molecule is COC(=O)c1ccc(CN2CC[C@H]3[C@H](CCCN3C(=O)C3CCOC(C)(C)C3)C2)cc1. The largest absolute Gasteiger partial charge is 0.465 e. The van der Waals surface area contributed by atoms with Crippen molar-refractivity contribution < 1.29 is 19.1 Å². The van der Waals surface area contributed by atoms with Crippen molar-refractivity contribution in [3.8, 4) is 0 Å². The molecule has 0 aliphatic carbocycles. The Morgan fingerprint density at radius 3 is 2.61 bits per heavy atom. The summed E-state index contributed by atoms with van der Waals surface area (Å²) in [7, 11) is 1.40. The monoisotopic (exact) mass is 428 g/mol. The van der Waals surface area contributed by atoms with Crippen LogP contribution in [0.15, 0.2) is 24.3 Å². The van der Waals surface area contributed by atoms with Crippen LogP contribution < -0.4 is 0 Å². The Morgan fingerprint density at radius 1 is 1.13 bits per heavy atom. The lowest BCUT2D eigenvalue weighted by molar-refractivity contribution is -0.152. The highest BCUT2D eigenvalue weighted by atomic mass is 16.5. The number of benzene rings is 1. The van der Waals surface area contributed by atoms with Crippen LogP contribution in [0.4, 0.5) is 0 Å². The zero-order valence-corrected chi connectivity index (χ0v) is 19.1. The van der Waals surface area contributed by atoms with Crippen LogP contribution in [0, 0.1) is 11.8 Å². The number of nitrogens with zero attached hydrogens (tertiary/aromatic N) is 2. The molecule has 1 aromatic rings. The lowest BCUT2D eigenvalue weighted by Gasteiger charge is -2.49. The van der Waals surface area contributed by atoms with E-state index in [0.717, 1.165) is 51.9 Å². The van der Waals surface area contributed by atoms with Crippen molar-refractivity contribution in [2.45, 2.75) is 64.1 Å². The molecule has 0 aromatic heterocycles. The second kappa shape index (κ2) is 9.29. The quantitative estimate of drug-likeness (QED) is 0.687. The highest BCUT2D eigenvalue weighted by Crippen LogP contribution is 2.35.